The molecule has 0 heterocycles. The summed E-state index contributed by atoms with van der Waals surface area (Å²) in [6.45, 7) is 1.80. The number of hydrogen-bond donors (Lipinski definition) is 1. The second-order valence-corrected chi connectivity index (χ2v) is 8.04. The summed E-state index contributed by atoms with van der Waals surface area (Å²) in [5.41, 5.74) is 1.49. The van der Waals surface area contributed by atoms with Gasteiger partial charge in [0.25, 0.3) is 0 Å². The predicted molar refractivity (Wildman–Crippen MR) is 97.3 cm³/mol. The van der Waals surface area contributed by atoms with Crippen LogP contribution in [0.5, 0.6) is 0 Å². The monoisotopic (exact) mass is 346 g/mol. The highest BCUT2D eigenvalue weighted by molar-refractivity contribution is 7.90. The van der Waals surface area contributed by atoms with Crippen molar-refractivity contribution in [2.45, 2.75) is 19.4 Å². The number of sulfone groups is 1. The first-order chi connectivity index (χ1) is 11.4. The Kier molecular flexibility index (Phi) is 5.98. The Morgan fingerprint density at radius 3 is 1.88 bits per heavy atom. The molecule has 0 aliphatic rings. The zero-order valence-electron chi connectivity index (χ0n) is 13.8. The van der Waals surface area contributed by atoms with Crippen LogP contribution in [-0.2, 0) is 9.84 Å². The highest BCUT2D eigenvalue weighted by atomic mass is 32.2. The molecule has 128 valence electrons. The fourth-order valence-corrected chi connectivity index (χ4v) is 3.06. The number of benzene rings is 2. The van der Waals surface area contributed by atoms with Crippen LogP contribution in [0.2, 0.25) is 0 Å². The van der Waals surface area contributed by atoms with Crippen LogP contribution in [0.25, 0.3) is 0 Å². The molecule has 2 aromatic rings. The van der Waals surface area contributed by atoms with Gasteiger partial charge < -0.3 is 5.32 Å². The molecule has 0 spiro atoms. The summed E-state index contributed by atoms with van der Waals surface area (Å²) in [4.78, 5) is 14.3. The second kappa shape index (κ2) is 7.97. The van der Waals surface area contributed by atoms with Crippen molar-refractivity contribution in [1.29, 1.82) is 0 Å². The summed E-state index contributed by atoms with van der Waals surface area (Å²) >= 11 is 0. The summed E-state index contributed by atoms with van der Waals surface area (Å²) in [6, 6.07) is 18.1. The van der Waals surface area contributed by atoms with Crippen molar-refractivity contribution in [3.63, 3.8) is 0 Å². The quantitative estimate of drug-likeness (QED) is 0.872. The number of hydrogen-bond acceptors (Lipinski definition) is 3. The molecule has 0 aliphatic carbocycles. The molecule has 0 aliphatic heterocycles. The van der Waals surface area contributed by atoms with Gasteiger partial charge in [0.2, 0.25) is 0 Å². The molecular formula is C18H22N2O3S. The van der Waals surface area contributed by atoms with E-state index in [1.54, 1.807) is 11.8 Å². The smallest absolute Gasteiger partial charge is 0.326 e. The van der Waals surface area contributed by atoms with Crippen molar-refractivity contribution in [3.05, 3.63) is 60.7 Å². The first-order valence-electron chi connectivity index (χ1n) is 7.75. The highest BCUT2D eigenvalue weighted by Gasteiger charge is 2.19. The minimum absolute atomic E-state index is 0.0467. The van der Waals surface area contributed by atoms with Gasteiger partial charge in [-0.25, -0.2) is 13.2 Å². The molecule has 0 aromatic heterocycles. The Labute approximate surface area is 143 Å². The number of carbonyl (C=O) groups is 1. The van der Waals surface area contributed by atoms with E-state index in [0.29, 0.717) is 6.42 Å². The Hall–Kier alpha value is -2.34. The predicted octanol–water partition coefficient (Wildman–Crippen LogP) is 3.36. The van der Waals surface area contributed by atoms with Crippen LogP contribution in [0.3, 0.4) is 0 Å². The summed E-state index contributed by atoms with van der Waals surface area (Å²) in [7, 11) is -3.04. The molecule has 0 saturated heterocycles. The number of urea groups is 1. The number of carbonyl (C=O) groups excluding carboxylic acids is 1. The third-order valence-electron chi connectivity index (χ3n) is 3.52. The lowest BCUT2D eigenvalue weighted by Crippen LogP contribution is -2.42. The molecule has 1 N–H and O–H groups in total. The Balaban J connectivity index is 2.17. The largest absolute Gasteiger partial charge is 0.335 e. The van der Waals surface area contributed by atoms with E-state index in [1.165, 1.54) is 6.26 Å². The molecule has 6 heteroatoms. The Morgan fingerprint density at radius 2 is 1.46 bits per heavy atom. The number of nitrogens with zero attached hydrogens (tertiary/aromatic N) is 1. The summed E-state index contributed by atoms with van der Waals surface area (Å²) in [6.07, 6.45) is 1.57. The third-order valence-corrected chi connectivity index (χ3v) is 4.50. The van der Waals surface area contributed by atoms with Crippen molar-refractivity contribution in [1.82, 2.24) is 5.32 Å². The SMILES string of the molecule is CC(CCS(C)(=O)=O)NC(=O)N(c1ccccc1)c1ccccc1. The molecule has 1 atom stereocenters. The number of anilines is 2. The fourth-order valence-electron chi connectivity index (χ4n) is 2.28. The maximum Gasteiger partial charge on any atom is 0.326 e. The van der Waals surface area contributed by atoms with E-state index in [9.17, 15) is 13.2 Å². The molecule has 2 rings (SSSR count). The highest BCUT2D eigenvalue weighted by Crippen LogP contribution is 2.25. The summed E-state index contributed by atoms with van der Waals surface area (Å²) in [5, 5.41) is 2.87. The lowest BCUT2D eigenvalue weighted by molar-refractivity contribution is 0.245. The van der Waals surface area contributed by atoms with Crippen LogP contribution < -0.4 is 10.2 Å². The van der Waals surface area contributed by atoms with Crippen LogP contribution in [0.4, 0.5) is 16.2 Å². The fraction of sp³-hybridized carbons (Fsp3) is 0.278. The topological polar surface area (TPSA) is 66.5 Å². The van der Waals surface area contributed by atoms with E-state index in [-0.39, 0.29) is 17.8 Å². The van der Waals surface area contributed by atoms with Gasteiger partial charge in [0.05, 0.1) is 17.1 Å². The minimum Gasteiger partial charge on any atom is -0.335 e. The van der Waals surface area contributed by atoms with E-state index in [4.69, 9.17) is 0 Å². The van der Waals surface area contributed by atoms with Gasteiger partial charge in [-0.2, -0.15) is 0 Å². The van der Waals surface area contributed by atoms with Gasteiger partial charge in [0, 0.05) is 12.3 Å². The van der Waals surface area contributed by atoms with Gasteiger partial charge >= 0.3 is 6.03 Å². The van der Waals surface area contributed by atoms with Crippen LogP contribution >= 0.6 is 0 Å². The molecule has 2 aromatic carbocycles. The Bertz CT molecular complexity index is 722. The van der Waals surface area contributed by atoms with Crippen LogP contribution in [0.15, 0.2) is 60.7 Å². The van der Waals surface area contributed by atoms with Crippen molar-refractivity contribution in [2.24, 2.45) is 0 Å². The van der Waals surface area contributed by atoms with Crippen molar-refractivity contribution >= 4 is 27.2 Å². The van der Waals surface area contributed by atoms with Gasteiger partial charge in [-0.3, -0.25) is 4.90 Å². The van der Waals surface area contributed by atoms with E-state index < -0.39 is 9.84 Å². The number of amides is 2. The molecule has 5 nitrogen and oxygen atoms in total. The van der Waals surface area contributed by atoms with Gasteiger partial charge in [0.15, 0.2) is 0 Å². The zero-order chi connectivity index (χ0) is 17.6. The van der Waals surface area contributed by atoms with Crippen molar-refractivity contribution in [2.75, 3.05) is 16.9 Å². The van der Waals surface area contributed by atoms with Crippen LogP contribution in [0.1, 0.15) is 13.3 Å². The van der Waals surface area contributed by atoms with Gasteiger partial charge in [0.1, 0.15) is 9.84 Å². The summed E-state index contributed by atoms with van der Waals surface area (Å²) in [5.74, 6) is 0.0467. The minimum atomic E-state index is -3.04. The average Bonchev–Trinajstić information content (AvgIpc) is 2.54. The Morgan fingerprint density at radius 1 is 1.00 bits per heavy atom. The molecule has 24 heavy (non-hydrogen) atoms. The maximum atomic E-state index is 12.7. The van der Waals surface area contributed by atoms with Crippen molar-refractivity contribution < 1.29 is 13.2 Å². The van der Waals surface area contributed by atoms with Gasteiger partial charge in [-0.15, -0.1) is 0 Å². The van der Waals surface area contributed by atoms with Crippen molar-refractivity contribution in [3.8, 4) is 0 Å². The molecule has 2 amide bonds. The normalized spacial score (nSPS) is 12.4. The lowest BCUT2D eigenvalue weighted by atomic mass is 10.2. The first kappa shape index (κ1) is 18.0. The maximum absolute atomic E-state index is 12.7. The first-order valence-corrected chi connectivity index (χ1v) is 9.81. The second-order valence-electron chi connectivity index (χ2n) is 5.78. The molecule has 0 bridgehead atoms. The standard InChI is InChI=1S/C18H22N2O3S/c1-15(13-14-24(2,22)23)19-18(21)20(16-9-5-3-6-10-16)17-11-7-4-8-12-17/h3-12,15H,13-14H2,1-2H3,(H,19,21). The van der Waals surface area contributed by atoms with Crippen LogP contribution in [-0.4, -0.2) is 32.5 Å². The number of rotatable bonds is 6. The zero-order valence-corrected chi connectivity index (χ0v) is 14.7. The third kappa shape index (κ3) is 5.38. The van der Waals surface area contributed by atoms with E-state index >= 15 is 0 Å². The molecular weight excluding hydrogens is 324 g/mol. The molecule has 0 fully saturated rings. The number of para-hydroxylation sites is 2. The molecule has 0 radical (unpaired) electrons. The molecule has 1 unspecified atom stereocenters. The van der Waals surface area contributed by atoms with Crippen LogP contribution in [0, 0.1) is 0 Å². The number of nitrogens with one attached hydrogen (secondary N) is 1. The average molecular weight is 346 g/mol. The lowest BCUT2D eigenvalue weighted by Gasteiger charge is -2.25. The summed E-state index contributed by atoms with van der Waals surface area (Å²) < 4.78 is 22.6. The van der Waals surface area contributed by atoms with E-state index in [2.05, 4.69) is 5.32 Å². The van der Waals surface area contributed by atoms with E-state index in [1.807, 2.05) is 60.7 Å². The van der Waals surface area contributed by atoms with Gasteiger partial charge in [-0.05, 0) is 37.6 Å². The van der Waals surface area contributed by atoms with Gasteiger partial charge in [-0.1, -0.05) is 36.4 Å². The molecule has 0 saturated carbocycles. The van der Waals surface area contributed by atoms with E-state index in [0.717, 1.165) is 11.4 Å².